The summed E-state index contributed by atoms with van der Waals surface area (Å²) in [5, 5.41) is 5.19. The number of carbonyl (C=O) groups excluding carboxylic acids is 1. The maximum absolute atomic E-state index is 12.4. The number of hydrogen-bond acceptors (Lipinski definition) is 5. The van der Waals surface area contributed by atoms with E-state index >= 15 is 0 Å². The van der Waals surface area contributed by atoms with E-state index < -0.39 is 5.91 Å². The molecule has 0 atom stereocenters. The number of nitrogens with one attached hydrogen (secondary N) is 1. The summed E-state index contributed by atoms with van der Waals surface area (Å²) in [4.78, 5) is 12.4. The SMILES string of the molecule is CCOc1cc(Cl)c(/C=N\NC(=O)c2cc3cc(Br)cc(Br)c3o2)cc1OCC. The summed E-state index contributed by atoms with van der Waals surface area (Å²) in [6.45, 7) is 4.73. The summed E-state index contributed by atoms with van der Waals surface area (Å²) in [5.74, 6) is 0.773. The molecule has 0 aliphatic carbocycles. The van der Waals surface area contributed by atoms with Gasteiger partial charge in [0.15, 0.2) is 17.3 Å². The fourth-order valence-corrected chi connectivity index (χ4v) is 4.13. The summed E-state index contributed by atoms with van der Waals surface area (Å²) in [6, 6.07) is 8.72. The zero-order valence-electron chi connectivity index (χ0n) is 15.6. The lowest BCUT2D eigenvalue weighted by molar-refractivity contribution is 0.0929. The van der Waals surface area contributed by atoms with E-state index in [0.717, 1.165) is 14.3 Å². The first kappa shape index (κ1) is 21.7. The van der Waals surface area contributed by atoms with E-state index in [1.165, 1.54) is 6.21 Å². The molecule has 3 rings (SSSR count). The second kappa shape index (κ2) is 9.65. The number of hydrogen-bond donors (Lipinski definition) is 1. The molecule has 0 spiro atoms. The van der Waals surface area contributed by atoms with Gasteiger partial charge in [-0.25, -0.2) is 5.43 Å². The fourth-order valence-electron chi connectivity index (χ4n) is 2.59. The van der Waals surface area contributed by atoms with Gasteiger partial charge in [-0.05, 0) is 54.0 Å². The molecule has 0 aliphatic rings. The van der Waals surface area contributed by atoms with Crippen molar-refractivity contribution in [3.05, 3.63) is 55.6 Å². The van der Waals surface area contributed by atoms with Crippen LogP contribution in [0.5, 0.6) is 11.5 Å². The molecule has 1 amide bonds. The van der Waals surface area contributed by atoms with Crippen LogP contribution in [-0.2, 0) is 0 Å². The monoisotopic (exact) mass is 542 g/mol. The number of hydrazone groups is 1. The number of amides is 1. The normalized spacial score (nSPS) is 11.2. The number of furan rings is 1. The standard InChI is InChI=1S/C20H17Br2ClN2O4/c1-3-27-16-7-12(15(23)9-17(16)28-4-2)10-24-25-20(26)18-6-11-5-13(21)8-14(22)19(11)29-18/h5-10H,3-4H2,1-2H3,(H,25,26)/b24-10-. The van der Waals surface area contributed by atoms with Crippen molar-refractivity contribution in [2.24, 2.45) is 5.10 Å². The summed E-state index contributed by atoms with van der Waals surface area (Å²) < 4.78 is 18.3. The van der Waals surface area contributed by atoms with Crippen LogP contribution in [0.15, 0.2) is 48.8 Å². The zero-order valence-corrected chi connectivity index (χ0v) is 19.5. The third-order valence-corrected chi connectivity index (χ3v) is 5.17. The van der Waals surface area contributed by atoms with Crippen molar-refractivity contribution in [3.63, 3.8) is 0 Å². The lowest BCUT2D eigenvalue weighted by Gasteiger charge is -2.12. The maximum atomic E-state index is 12.4. The van der Waals surface area contributed by atoms with E-state index in [-0.39, 0.29) is 5.76 Å². The van der Waals surface area contributed by atoms with Gasteiger partial charge in [0.2, 0.25) is 0 Å². The van der Waals surface area contributed by atoms with E-state index in [9.17, 15) is 4.79 Å². The maximum Gasteiger partial charge on any atom is 0.307 e. The van der Waals surface area contributed by atoms with Crippen LogP contribution in [0.25, 0.3) is 11.0 Å². The van der Waals surface area contributed by atoms with Crippen molar-refractivity contribution in [3.8, 4) is 11.5 Å². The summed E-state index contributed by atoms with van der Waals surface area (Å²) in [6.07, 6.45) is 1.44. The van der Waals surface area contributed by atoms with Crippen molar-refractivity contribution >= 4 is 66.6 Å². The van der Waals surface area contributed by atoms with Crippen LogP contribution in [0, 0.1) is 0 Å². The predicted octanol–water partition coefficient (Wildman–Crippen LogP) is 6.17. The smallest absolute Gasteiger partial charge is 0.307 e. The van der Waals surface area contributed by atoms with Crippen LogP contribution in [-0.4, -0.2) is 25.3 Å². The van der Waals surface area contributed by atoms with Crippen molar-refractivity contribution in [1.82, 2.24) is 5.43 Å². The Morgan fingerprint density at radius 3 is 2.52 bits per heavy atom. The molecule has 0 radical (unpaired) electrons. The third kappa shape index (κ3) is 5.12. The van der Waals surface area contributed by atoms with Crippen molar-refractivity contribution in [1.29, 1.82) is 0 Å². The molecule has 152 valence electrons. The van der Waals surface area contributed by atoms with E-state index in [4.69, 9.17) is 25.5 Å². The Bertz CT molecular complexity index is 1080. The highest BCUT2D eigenvalue weighted by molar-refractivity contribution is 9.11. The van der Waals surface area contributed by atoms with Crippen molar-refractivity contribution in [2.75, 3.05) is 13.2 Å². The quantitative estimate of drug-likeness (QED) is 0.285. The van der Waals surface area contributed by atoms with Crippen LogP contribution >= 0.6 is 43.5 Å². The highest BCUT2D eigenvalue weighted by atomic mass is 79.9. The van der Waals surface area contributed by atoms with Gasteiger partial charge in [-0.1, -0.05) is 27.5 Å². The average Bonchev–Trinajstić information content (AvgIpc) is 3.10. The van der Waals surface area contributed by atoms with Crippen LogP contribution in [0.2, 0.25) is 5.02 Å². The lowest BCUT2D eigenvalue weighted by Crippen LogP contribution is -2.16. The molecule has 9 heteroatoms. The van der Waals surface area contributed by atoms with Gasteiger partial charge in [0, 0.05) is 21.5 Å². The first-order valence-corrected chi connectivity index (χ1v) is 10.7. The van der Waals surface area contributed by atoms with E-state index in [2.05, 4.69) is 42.4 Å². The number of fused-ring (bicyclic) bond motifs is 1. The fraction of sp³-hybridized carbons (Fsp3) is 0.200. The van der Waals surface area contributed by atoms with E-state index in [1.54, 1.807) is 18.2 Å². The average molecular weight is 545 g/mol. The minimum absolute atomic E-state index is 0.142. The van der Waals surface area contributed by atoms with Gasteiger partial charge in [0.25, 0.3) is 0 Å². The molecular weight excluding hydrogens is 527 g/mol. The van der Waals surface area contributed by atoms with Crippen molar-refractivity contribution < 1.29 is 18.7 Å². The minimum atomic E-state index is -0.479. The Balaban J connectivity index is 1.78. The summed E-state index contributed by atoms with van der Waals surface area (Å²) in [7, 11) is 0. The number of halogens is 3. The molecule has 3 aromatic rings. The second-order valence-electron chi connectivity index (χ2n) is 5.80. The number of benzene rings is 2. The second-order valence-corrected chi connectivity index (χ2v) is 7.98. The van der Waals surface area contributed by atoms with Crippen LogP contribution in [0.3, 0.4) is 0 Å². The Labute approximate surface area is 189 Å². The Morgan fingerprint density at radius 2 is 1.83 bits per heavy atom. The largest absolute Gasteiger partial charge is 0.490 e. The molecule has 1 heterocycles. The number of rotatable bonds is 7. The van der Waals surface area contributed by atoms with Gasteiger partial charge in [-0.2, -0.15) is 5.10 Å². The van der Waals surface area contributed by atoms with Crippen LogP contribution in [0.1, 0.15) is 30.0 Å². The van der Waals surface area contributed by atoms with Gasteiger partial charge < -0.3 is 13.9 Å². The van der Waals surface area contributed by atoms with E-state index in [1.807, 2.05) is 26.0 Å². The summed E-state index contributed by atoms with van der Waals surface area (Å²) >= 11 is 13.1. The molecule has 0 aliphatic heterocycles. The van der Waals surface area contributed by atoms with E-state index in [0.29, 0.717) is 40.9 Å². The van der Waals surface area contributed by atoms with Gasteiger partial charge in [-0.15, -0.1) is 0 Å². The zero-order chi connectivity index (χ0) is 21.0. The molecule has 2 aromatic carbocycles. The van der Waals surface area contributed by atoms with Crippen LogP contribution in [0.4, 0.5) is 0 Å². The number of carbonyl (C=O) groups is 1. The molecule has 0 bridgehead atoms. The number of nitrogens with zero attached hydrogens (tertiary/aromatic N) is 1. The minimum Gasteiger partial charge on any atom is -0.490 e. The highest BCUT2D eigenvalue weighted by Gasteiger charge is 2.14. The Morgan fingerprint density at radius 1 is 1.14 bits per heavy atom. The van der Waals surface area contributed by atoms with Gasteiger partial charge in [-0.3, -0.25) is 4.79 Å². The molecule has 0 fully saturated rings. The predicted molar refractivity (Wildman–Crippen MR) is 120 cm³/mol. The van der Waals surface area contributed by atoms with Crippen LogP contribution < -0.4 is 14.9 Å². The van der Waals surface area contributed by atoms with Gasteiger partial charge >= 0.3 is 5.91 Å². The van der Waals surface area contributed by atoms with Gasteiger partial charge in [0.05, 0.1) is 28.9 Å². The number of ether oxygens (including phenoxy) is 2. The van der Waals surface area contributed by atoms with Crippen molar-refractivity contribution in [2.45, 2.75) is 13.8 Å². The molecule has 1 aromatic heterocycles. The molecule has 29 heavy (non-hydrogen) atoms. The molecule has 1 N–H and O–H groups in total. The first-order valence-electron chi connectivity index (χ1n) is 8.74. The highest BCUT2D eigenvalue weighted by Crippen LogP contribution is 2.33. The molecule has 0 saturated heterocycles. The molecule has 6 nitrogen and oxygen atoms in total. The third-order valence-electron chi connectivity index (χ3n) is 3.79. The van der Waals surface area contributed by atoms with Gasteiger partial charge in [0.1, 0.15) is 5.58 Å². The molecule has 0 unspecified atom stereocenters. The molecular formula is C20H17Br2ClN2O4. The topological polar surface area (TPSA) is 73.1 Å². The Kier molecular flexibility index (Phi) is 7.21. The summed E-state index contributed by atoms with van der Waals surface area (Å²) in [5.41, 5.74) is 3.60. The lowest BCUT2D eigenvalue weighted by atomic mass is 10.2. The Hall–Kier alpha value is -2.03. The first-order chi connectivity index (χ1) is 13.9. The molecule has 0 saturated carbocycles.